The van der Waals surface area contributed by atoms with Gasteiger partial charge in [-0.15, -0.1) is 0 Å². The summed E-state index contributed by atoms with van der Waals surface area (Å²) in [6, 6.07) is 7.24. The van der Waals surface area contributed by atoms with Gasteiger partial charge in [-0.05, 0) is 12.1 Å². The van der Waals surface area contributed by atoms with E-state index in [0.717, 1.165) is 10.2 Å². The van der Waals surface area contributed by atoms with Crippen molar-refractivity contribution in [2.45, 2.75) is 12.5 Å². The molecule has 3 rings (SSSR count). The summed E-state index contributed by atoms with van der Waals surface area (Å²) in [5, 5.41) is 5.91. The largest absolute Gasteiger partial charge is 0.349 e. The molecule has 1 aromatic carbocycles. The summed E-state index contributed by atoms with van der Waals surface area (Å²) in [6.07, 6.45) is 0.175. The average molecular weight is 247 g/mol. The zero-order chi connectivity index (χ0) is 11.8. The molecule has 2 aromatic rings. The normalized spacial score (nSPS) is 19.6. The van der Waals surface area contributed by atoms with Gasteiger partial charge in [0, 0.05) is 0 Å². The minimum Gasteiger partial charge on any atom is -0.349 e. The van der Waals surface area contributed by atoms with Crippen LogP contribution in [0.2, 0.25) is 0 Å². The fourth-order valence-corrected chi connectivity index (χ4v) is 2.67. The third-order valence-corrected chi connectivity index (χ3v) is 3.53. The predicted octanol–water partition coefficient (Wildman–Crippen LogP) is 1.12. The zero-order valence-electron chi connectivity index (χ0n) is 8.77. The van der Waals surface area contributed by atoms with E-state index in [1.165, 1.54) is 11.3 Å². The second kappa shape index (κ2) is 3.81. The van der Waals surface area contributed by atoms with Crippen LogP contribution < -0.4 is 10.6 Å². The molecule has 6 heteroatoms. The molecular formula is C11H9N3O2S. The molecule has 0 aliphatic carbocycles. The van der Waals surface area contributed by atoms with Crippen molar-refractivity contribution in [2.24, 2.45) is 0 Å². The van der Waals surface area contributed by atoms with Crippen LogP contribution in [0.5, 0.6) is 0 Å². The summed E-state index contributed by atoms with van der Waals surface area (Å²) in [7, 11) is 0. The Morgan fingerprint density at radius 1 is 1.35 bits per heavy atom. The average Bonchev–Trinajstić information content (AvgIpc) is 2.82. The first-order valence-corrected chi connectivity index (χ1v) is 6.00. The van der Waals surface area contributed by atoms with E-state index in [-0.39, 0.29) is 18.2 Å². The van der Waals surface area contributed by atoms with Crippen molar-refractivity contribution in [1.82, 2.24) is 10.3 Å². The van der Waals surface area contributed by atoms with Gasteiger partial charge >= 0.3 is 0 Å². The summed E-state index contributed by atoms with van der Waals surface area (Å²) in [5.74, 6) is -0.525. The van der Waals surface area contributed by atoms with Crippen LogP contribution in [0.15, 0.2) is 24.3 Å². The zero-order valence-corrected chi connectivity index (χ0v) is 9.58. The van der Waals surface area contributed by atoms with Crippen LogP contribution >= 0.6 is 11.3 Å². The number of nitrogens with zero attached hydrogens (tertiary/aromatic N) is 1. The minimum atomic E-state index is -0.497. The molecule has 5 nitrogen and oxygen atoms in total. The third-order valence-electron chi connectivity index (χ3n) is 2.56. The summed E-state index contributed by atoms with van der Waals surface area (Å²) < 4.78 is 1.06. The molecule has 1 fully saturated rings. The van der Waals surface area contributed by atoms with Crippen molar-refractivity contribution in [3.8, 4) is 0 Å². The summed E-state index contributed by atoms with van der Waals surface area (Å²) in [5.41, 5.74) is 0.893. The second-order valence-electron chi connectivity index (χ2n) is 3.80. The maximum atomic E-state index is 11.4. The van der Waals surface area contributed by atoms with Crippen molar-refractivity contribution in [1.29, 1.82) is 0 Å². The van der Waals surface area contributed by atoms with Crippen LogP contribution in [0.25, 0.3) is 10.2 Å². The second-order valence-corrected chi connectivity index (χ2v) is 4.83. The van der Waals surface area contributed by atoms with Crippen LogP contribution in [0.4, 0.5) is 5.13 Å². The first-order valence-electron chi connectivity index (χ1n) is 5.18. The first kappa shape index (κ1) is 10.2. The van der Waals surface area contributed by atoms with Gasteiger partial charge in [0.2, 0.25) is 11.8 Å². The summed E-state index contributed by atoms with van der Waals surface area (Å²) >= 11 is 1.47. The molecule has 1 aliphatic rings. The number of benzene rings is 1. The van der Waals surface area contributed by atoms with E-state index in [1.807, 2.05) is 24.3 Å². The lowest BCUT2D eigenvalue weighted by Crippen LogP contribution is -2.29. The molecule has 1 unspecified atom stereocenters. The van der Waals surface area contributed by atoms with E-state index in [4.69, 9.17) is 0 Å². The van der Waals surface area contributed by atoms with Crippen molar-refractivity contribution >= 4 is 38.5 Å². The Bertz CT molecular complexity index is 575. The molecule has 2 N–H and O–H groups in total. The Labute approximate surface area is 101 Å². The first-order chi connectivity index (χ1) is 8.22. The minimum absolute atomic E-state index is 0.175. The Balaban J connectivity index is 1.85. The van der Waals surface area contributed by atoms with Crippen LogP contribution in [0, 0.1) is 0 Å². The number of aromatic nitrogens is 1. The van der Waals surface area contributed by atoms with Crippen LogP contribution in [-0.2, 0) is 9.59 Å². The van der Waals surface area contributed by atoms with Crippen molar-refractivity contribution in [2.75, 3.05) is 5.32 Å². The molecular weight excluding hydrogens is 238 g/mol. The molecule has 2 heterocycles. The Morgan fingerprint density at radius 2 is 2.18 bits per heavy atom. The molecule has 1 atom stereocenters. The number of thiazole rings is 1. The standard InChI is InChI=1S/C11H9N3O2S/c15-9-5-7(10(16)14-9)13-11-12-6-3-1-2-4-8(6)17-11/h1-4,7H,5H2,(H,12,13)(H,14,15,16). The molecule has 2 amide bonds. The highest BCUT2D eigenvalue weighted by Crippen LogP contribution is 2.26. The van der Waals surface area contributed by atoms with E-state index in [2.05, 4.69) is 15.6 Å². The lowest BCUT2D eigenvalue weighted by atomic mass is 10.2. The van der Waals surface area contributed by atoms with Crippen molar-refractivity contribution in [3.05, 3.63) is 24.3 Å². The van der Waals surface area contributed by atoms with E-state index in [0.29, 0.717) is 5.13 Å². The molecule has 86 valence electrons. The van der Waals surface area contributed by atoms with Gasteiger partial charge in [0.05, 0.1) is 16.6 Å². The van der Waals surface area contributed by atoms with Gasteiger partial charge in [0.1, 0.15) is 6.04 Å². The van der Waals surface area contributed by atoms with Crippen LogP contribution in [0.1, 0.15) is 6.42 Å². The van der Waals surface area contributed by atoms with E-state index in [9.17, 15) is 9.59 Å². The maximum Gasteiger partial charge on any atom is 0.249 e. The fraction of sp³-hybridized carbons (Fsp3) is 0.182. The van der Waals surface area contributed by atoms with Crippen LogP contribution in [0.3, 0.4) is 0 Å². The van der Waals surface area contributed by atoms with Gasteiger partial charge in [-0.3, -0.25) is 14.9 Å². The van der Waals surface area contributed by atoms with Gasteiger partial charge in [-0.25, -0.2) is 4.98 Å². The number of nitrogens with one attached hydrogen (secondary N) is 2. The smallest absolute Gasteiger partial charge is 0.249 e. The fourth-order valence-electron chi connectivity index (χ4n) is 1.75. The third kappa shape index (κ3) is 1.87. The Morgan fingerprint density at radius 3 is 2.88 bits per heavy atom. The highest BCUT2D eigenvalue weighted by atomic mass is 32.1. The molecule has 17 heavy (non-hydrogen) atoms. The number of fused-ring (bicyclic) bond motifs is 1. The number of amides is 2. The molecule has 1 saturated heterocycles. The number of rotatable bonds is 2. The molecule has 0 spiro atoms. The Kier molecular flexibility index (Phi) is 2.29. The van der Waals surface area contributed by atoms with E-state index in [1.54, 1.807) is 0 Å². The molecule has 0 bridgehead atoms. The molecule has 1 aliphatic heterocycles. The topological polar surface area (TPSA) is 71.1 Å². The van der Waals surface area contributed by atoms with Gasteiger partial charge in [-0.1, -0.05) is 23.5 Å². The van der Waals surface area contributed by atoms with Crippen molar-refractivity contribution in [3.63, 3.8) is 0 Å². The van der Waals surface area contributed by atoms with Gasteiger partial charge in [-0.2, -0.15) is 0 Å². The van der Waals surface area contributed by atoms with Crippen molar-refractivity contribution < 1.29 is 9.59 Å². The number of anilines is 1. The van der Waals surface area contributed by atoms with Gasteiger partial charge in [0.15, 0.2) is 5.13 Å². The predicted molar refractivity (Wildman–Crippen MR) is 64.8 cm³/mol. The Hall–Kier alpha value is -1.95. The quantitative estimate of drug-likeness (QED) is 0.780. The number of para-hydroxylation sites is 1. The lowest BCUT2D eigenvalue weighted by molar-refractivity contribution is -0.124. The SMILES string of the molecule is O=C1CC(Nc2nc3ccccc3s2)C(=O)N1. The van der Waals surface area contributed by atoms with E-state index >= 15 is 0 Å². The van der Waals surface area contributed by atoms with Crippen LogP contribution in [-0.4, -0.2) is 22.8 Å². The molecule has 0 radical (unpaired) electrons. The maximum absolute atomic E-state index is 11.4. The number of carbonyl (C=O) groups excluding carboxylic acids is 2. The van der Waals surface area contributed by atoms with Gasteiger partial charge in [0.25, 0.3) is 0 Å². The highest BCUT2D eigenvalue weighted by molar-refractivity contribution is 7.22. The van der Waals surface area contributed by atoms with E-state index < -0.39 is 6.04 Å². The van der Waals surface area contributed by atoms with Gasteiger partial charge < -0.3 is 5.32 Å². The monoisotopic (exact) mass is 247 g/mol. The number of hydrogen-bond donors (Lipinski definition) is 2. The molecule has 1 aromatic heterocycles. The summed E-state index contributed by atoms with van der Waals surface area (Å²) in [4.78, 5) is 26.8. The summed E-state index contributed by atoms with van der Waals surface area (Å²) in [6.45, 7) is 0. The number of imide groups is 1. The number of hydrogen-bond acceptors (Lipinski definition) is 5. The lowest BCUT2D eigenvalue weighted by Gasteiger charge is -2.05. The molecule has 0 saturated carbocycles. The number of carbonyl (C=O) groups is 2. The highest BCUT2D eigenvalue weighted by Gasteiger charge is 2.30.